The first-order valence-corrected chi connectivity index (χ1v) is 26.3. The third-order valence-electron chi connectivity index (χ3n) is 10.4. The maximum absolute atomic E-state index is 12.2. The molecule has 24 nitrogen and oxygen atoms in total. The first-order valence-electron chi connectivity index (χ1n) is 22.0. The summed E-state index contributed by atoms with van der Waals surface area (Å²) in [7, 11) is -3.04. The molecule has 0 radical (unpaired) electrons. The molecule has 4 aliphatic rings. The summed E-state index contributed by atoms with van der Waals surface area (Å²) in [6, 6.07) is 0.717. The van der Waals surface area contributed by atoms with Gasteiger partial charge < -0.3 is 56.7 Å². The van der Waals surface area contributed by atoms with Crippen LogP contribution in [0.3, 0.4) is 0 Å². The molecule has 71 heavy (non-hydrogen) atoms. The van der Waals surface area contributed by atoms with Crippen LogP contribution < -0.4 is 36.8 Å². The number of hydrogen-bond donors (Lipinski definition) is 9. The Morgan fingerprint density at radius 3 is 1.72 bits per heavy atom. The summed E-state index contributed by atoms with van der Waals surface area (Å²) in [6.07, 6.45) is 14.5. The first-order chi connectivity index (χ1) is 32.9. The van der Waals surface area contributed by atoms with E-state index in [1.807, 2.05) is 0 Å². The quantitative estimate of drug-likeness (QED) is 0.0418. The number of carbonyl (C=O) groups is 3. The summed E-state index contributed by atoms with van der Waals surface area (Å²) in [5.41, 5.74) is 5.59. The summed E-state index contributed by atoms with van der Waals surface area (Å²) in [6.45, 7) is 4.61. The number of ether oxygens (including phenoxy) is 2. The molecule has 10 N–H and O–H groups in total. The molecule has 1 atom stereocenters. The number of aliphatic hydroxyl groups is 3. The molecule has 3 aromatic rings. The number of nitrogens with zero attached hydrogens (tertiary/aromatic N) is 7. The Kier molecular flexibility index (Phi) is 33.3. The molecule has 3 aliphatic carbocycles. The van der Waals surface area contributed by atoms with E-state index in [1.54, 1.807) is 31.1 Å². The lowest BCUT2D eigenvalue weighted by atomic mass is 9.91. The smallest absolute Gasteiger partial charge is 0.521 e. The average molecular weight is 1310 g/mol. The highest BCUT2D eigenvalue weighted by molar-refractivity contribution is 9.11. The first kappa shape index (κ1) is 65.9. The van der Waals surface area contributed by atoms with E-state index in [0.29, 0.717) is 66.8 Å². The summed E-state index contributed by atoms with van der Waals surface area (Å²) >= 11 is 13.0. The minimum absolute atomic E-state index is 0. The summed E-state index contributed by atoms with van der Waals surface area (Å²) < 4.78 is 23.7. The van der Waals surface area contributed by atoms with Gasteiger partial charge in [0.2, 0.25) is 5.91 Å². The van der Waals surface area contributed by atoms with Crippen molar-refractivity contribution in [2.24, 2.45) is 5.73 Å². The molecule has 1 aliphatic heterocycles. The Morgan fingerprint density at radius 2 is 1.23 bits per heavy atom. The van der Waals surface area contributed by atoms with E-state index in [9.17, 15) is 24.6 Å². The van der Waals surface area contributed by atoms with Crippen LogP contribution in [0.4, 0.5) is 29.1 Å². The van der Waals surface area contributed by atoms with Crippen LogP contribution in [-0.2, 0) is 33.1 Å². The zero-order valence-electron chi connectivity index (χ0n) is 38.3. The molecule has 1 unspecified atom stereocenters. The summed E-state index contributed by atoms with van der Waals surface area (Å²) in [4.78, 5) is 70.7. The molecular formula is C41H66Br4ClN12O12P. The second kappa shape index (κ2) is 35.9. The lowest BCUT2D eigenvalue weighted by Gasteiger charge is -2.37. The van der Waals surface area contributed by atoms with Gasteiger partial charge in [-0.3, -0.25) is 19.3 Å². The fourth-order valence-corrected chi connectivity index (χ4v) is 8.52. The molecule has 7 rings (SSSR count). The molecule has 0 bridgehead atoms. The highest BCUT2D eigenvalue weighted by Gasteiger charge is 2.34. The number of amides is 1. The second-order valence-electron chi connectivity index (χ2n) is 15.5. The van der Waals surface area contributed by atoms with Crippen molar-refractivity contribution in [1.29, 1.82) is 0 Å². The molecule has 402 valence electrons. The normalized spacial score (nSPS) is 21.1. The maximum Gasteiger partial charge on any atom is 0.521 e. The van der Waals surface area contributed by atoms with Crippen molar-refractivity contribution in [3.05, 3.63) is 37.0 Å². The molecular weight excluding hydrogens is 1240 g/mol. The number of fused-ring (bicyclic) bond motifs is 1. The van der Waals surface area contributed by atoms with Gasteiger partial charge in [0.25, 0.3) is 0 Å². The second-order valence-corrected chi connectivity index (χ2v) is 19.3. The van der Waals surface area contributed by atoms with Crippen LogP contribution in [0.15, 0.2) is 37.0 Å². The van der Waals surface area contributed by atoms with Crippen LogP contribution in [0.25, 0.3) is 0 Å². The summed E-state index contributed by atoms with van der Waals surface area (Å²) in [5.74, 6) is 2.21. The predicted octanol–water partition coefficient (Wildman–Crippen LogP) is 6.25. The molecule has 3 fully saturated rings. The van der Waals surface area contributed by atoms with Crippen LogP contribution in [0.2, 0.25) is 0 Å². The van der Waals surface area contributed by atoms with Gasteiger partial charge in [-0.2, -0.15) is 0 Å². The van der Waals surface area contributed by atoms with Crippen molar-refractivity contribution < 1.29 is 60.0 Å². The molecule has 4 heterocycles. The Bertz CT molecular complexity index is 2080. The van der Waals surface area contributed by atoms with Gasteiger partial charge in [0.15, 0.2) is 29.1 Å². The van der Waals surface area contributed by atoms with Gasteiger partial charge in [-0.15, -0.1) is 12.4 Å². The Morgan fingerprint density at radius 1 is 0.775 bits per heavy atom. The largest absolute Gasteiger partial charge is 0.565 e. The van der Waals surface area contributed by atoms with Crippen molar-refractivity contribution in [2.45, 2.75) is 135 Å². The highest BCUT2D eigenvalue weighted by Crippen LogP contribution is 2.33. The third kappa shape index (κ3) is 25.6. The molecule has 3 aromatic heterocycles. The van der Waals surface area contributed by atoms with Crippen LogP contribution in [0.1, 0.15) is 99.8 Å². The van der Waals surface area contributed by atoms with Crippen molar-refractivity contribution in [1.82, 2.24) is 29.9 Å². The standard InChI is InChI=1S/C14H21BrN4O3.C12H15BrN4O2.C8H9Br2N3O2.C6H13NO.CH4.ClH.HO4P.H2/c1-2-22-12(21)8-17-13-14(19-11(15)7-16-13)18-9-3-5-10(20)6-4-9;13-9-5-14-11-12(16-9)17(10(19)6-15-11)7-1-3-8(18)4-2-7;1-2-15-6(14)4-12-8-7(10)13-5(9)3-11-8;7-5-1-3-6(8)4-2-5;;;1-4-5(2)3;/h7,9-10,20H,2-6,8H2,1H3,(H,16,17)(H,18,19);5,7-8,18H,1-4,6H2,(H,14,15);3H,2,4H2,1H3,(H,11,12);5-6,8H,1-4,7H2;1H4;1H;1H;1H. The number of aromatic nitrogens is 6. The van der Waals surface area contributed by atoms with Gasteiger partial charge in [0, 0.05) is 24.2 Å². The van der Waals surface area contributed by atoms with Gasteiger partial charge in [0.1, 0.15) is 31.5 Å². The van der Waals surface area contributed by atoms with Crippen molar-refractivity contribution >= 4 is 131 Å². The van der Waals surface area contributed by atoms with Gasteiger partial charge in [-0.25, -0.2) is 35.2 Å². The van der Waals surface area contributed by atoms with E-state index in [4.69, 9.17) is 35.0 Å². The van der Waals surface area contributed by atoms with Gasteiger partial charge >= 0.3 is 20.2 Å². The topological polar surface area (TPSA) is 355 Å². The SMILES string of the molecule is C.CCOC(=O)CNc1ncc(Br)nc1Br.CCOC(=O)CNc1ncc(Br)nc1NC1CCC(O)CC1.Cl.NC1CCC(O)CC1.O=C1CNc2ncc(Br)nc2N1C1CCC(O)CC1.O=[P+]([O-])OO.[HH]. The van der Waals surface area contributed by atoms with Crippen molar-refractivity contribution in [3.8, 4) is 0 Å². The zero-order valence-corrected chi connectivity index (χ0v) is 46.4. The molecule has 0 aromatic carbocycles. The third-order valence-corrected chi connectivity index (χ3v) is 12.2. The van der Waals surface area contributed by atoms with E-state index >= 15 is 0 Å². The maximum atomic E-state index is 12.2. The number of aliphatic hydroxyl groups excluding tert-OH is 3. The highest BCUT2D eigenvalue weighted by atomic mass is 79.9. The number of anilines is 5. The lowest BCUT2D eigenvalue weighted by molar-refractivity contribution is -0.244. The zero-order chi connectivity index (χ0) is 50.9. The van der Waals surface area contributed by atoms with Crippen LogP contribution >= 0.6 is 84.4 Å². The van der Waals surface area contributed by atoms with Gasteiger partial charge in [-0.05, 0) is 159 Å². The average Bonchev–Trinajstić information content (AvgIpc) is 3.31. The predicted molar refractivity (Wildman–Crippen MR) is 283 cm³/mol. The van der Waals surface area contributed by atoms with Crippen LogP contribution in [0.5, 0.6) is 0 Å². The number of carbonyl (C=O) groups excluding carboxylic acids is 3. The van der Waals surface area contributed by atoms with E-state index in [2.05, 4.69) is 120 Å². The van der Waals surface area contributed by atoms with Crippen molar-refractivity contribution in [2.75, 3.05) is 59.0 Å². The molecule has 3 saturated carbocycles. The van der Waals surface area contributed by atoms with E-state index in [-0.39, 0.29) is 89.1 Å². The molecule has 0 spiro atoms. The number of nitrogens with two attached hydrogens (primary N) is 1. The number of esters is 2. The van der Waals surface area contributed by atoms with Gasteiger partial charge in [0.05, 0.1) is 56.7 Å². The molecule has 30 heteroatoms. The fourth-order valence-electron chi connectivity index (χ4n) is 7.02. The number of nitrogens with one attached hydrogen (secondary N) is 4. The number of rotatable bonds is 12. The lowest BCUT2D eigenvalue weighted by Crippen LogP contribution is -2.49. The molecule has 0 saturated heterocycles. The van der Waals surface area contributed by atoms with E-state index in [1.165, 1.54) is 6.20 Å². The fraction of sp³-hybridized carbons (Fsp3) is 0.634. The van der Waals surface area contributed by atoms with Crippen LogP contribution in [0, 0.1) is 0 Å². The Hall–Kier alpha value is -3.12. The van der Waals surface area contributed by atoms with Gasteiger partial charge in [-0.1, -0.05) is 7.43 Å². The minimum Gasteiger partial charge on any atom is -0.565 e. The number of hydrogen-bond acceptors (Lipinski definition) is 23. The van der Waals surface area contributed by atoms with Crippen LogP contribution in [-0.4, -0.2) is 138 Å². The minimum atomic E-state index is -3.04. The number of halogens is 5. The Balaban J connectivity index is 0.000000926. The Labute approximate surface area is 454 Å². The van der Waals surface area contributed by atoms with Crippen molar-refractivity contribution in [3.63, 3.8) is 0 Å². The van der Waals surface area contributed by atoms with E-state index in [0.717, 1.165) is 77.0 Å². The summed E-state index contributed by atoms with van der Waals surface area (Å²) in [5, 5.41) is 47.2. The monoisotopic (exact) mass is 1300 g/mol. The van der Waals surface area contributed by atoms with E-state index < -0.39 is 8.25 Å². The molecule has 1 amide bonds.